The minimum absolute atomic E-state index is 0.0370. The van der Waals surface area contributed by atoms with E-state index in [-0.39, 0.29) is 23.4 Å². The molecule has 0 heterocycles. The fourth-order valence-electron chi connectivity index (χ4n) is 4.36. The molecule has 0 amide bonds. The van der Waals surface area contributed by atoms with Gasteiger partial charge in [-0.2, -0.15) is 5.26 Å². The predicted octanol–water partition coefficient (Wildman–Crippen LogP) is 5.71. The Bertz CT molecular complexity index is 1020. The van der Waals surface area contributed by atoms with E-state index in [2.05, 4.69) is 6.07 Å². The minimum atomic E-state index is 0.0370. The molecular weight excluding hydrogens is 358 g/mol. The number of halogens is 1. The number of ketones is 1. The van der Waals surface area contributed by atoms with Gasteiger partial charge in [-0.05, 0) is 66.1 Å². The third-order valence-electron chi connectivity index (χ3n) is 5.87. The summed E-state index contributed by atoms with van der Waals surface area (Å²) in [6.45, 7) is 2.05. The molecule has 2 aromatic carbocycles. The number of aryl methyl sites for hydroxylation is 1. The van der Waals surface area contributed by atoms with Crippen molar-refractivity contribution in [3.8, 4) is 17.2 Å². The molecule has 27 heavy (non-hydrogen) atoms. The maximum absolute atomic E-state index is 13.0. The Morgan fingerprint density at radius 2 is 1.85 bits per heavy atom. The topological polar surface area (TPSA) is 61.1 Å². The van der Waals surface area contributed by atoms with E-state index in [1.54, 1.807) is 12.1 Å². The molecule has 0 aromatic heterocycles. The van der Waals surface area contributed by atoms with Crippen LogP contribution >= 0.6 is 11.6 Å². The molecule has 2 bridgehead atoms. The average Bonchev–Trinajstić information content (AvgIpc) is 3.14. The van der Waals surface area contributed by atoms with Gasteiger partial charge in [0.2, 0.25) is 0 Å². The average molecular weight is 378 g/mol. The Kier molecular flexibility index (Phi) is 4.53. The van der Waals surface area contributed by atoms with Crippen LogP contribution in [0.1, 0.15) is 42.9 Å². The molecule has 0 spiro atoms. The highest BCUT2D eigenvalue weighted by molar-refractivity contribution is 6.31. The summed E-state index contributed by atoms with van der Waals surface area (Å²) in [6.07, 6.45) is 3.30. The second-order valence-corrected chi connectivity index (χ2v) is 7.77. The van der Waals surface area contributed by atoms with Gasteiger partial charge in [-0.3, -0.25) is 4.79 Å². The molecule has 136 valence electrons. The maximum Gasteiger partial charge on any atom is 0.169 e. The summed E-state index contributed by atoms with van der Waals surface area (Å²) in [4.78, 5) is 13.0. The van der Waals surface area contributed by atoms with Gasteiger partial charge in [0.05, 0.1) is 16.2 Å². The number of aliphatic hydroxyl groups is 1. The number of carbonyl (C=O) groups is 1. The van der Waals surface area contributed by atoms with Gasteiger partial charge >= 0.3 is 0 Å². The van der Waals surface area contributed by atoms with Gasteiger partial charge in [0, 0.05) is 11.8 Å². The molecule has 0 saturated heterocycles. The summed E-state index contributed by atoms with van der Waals surface area (Å²) in [5.74, 6) is 0.475. The number of hydrogen-bond acceptors (Lipinski definition) is 3. The first-order chi connectivity index (χ1) is 13.0. The smallest absolute Gasteiger partial charge is 0.169 e. The van der Waals surface area contributed by atoms with E-state index in [1.165, 1.54) is 0 Å². The summed E-state index contributed by atoms with van der Waals surface area (Å²) < 4.78 is 0. The lowest BCUT2D eigenvalue weighted by atomic mass is 9.81. The summed E-state index contributed by atoms with van der Waals surface area (Å²) in [6, 6.07) is 13.4. The van der Waals surface area contributed by atoms with E-state index in [1.807, 2.05) is 31.2 Å². The number of benzene rings is 2. The van der Waals surface area contributed by atoms with Crippen molar-refractivity contribution < 1.29 is 9.90 Å². The minimum Gasteiger partial charge on any atom is -0.511 e. The molecule has 4 heteroatoms. The predicted molar refractivity (Wildman–Crippen MR) is 106 cm³/mol. The molecule has 1 N–H and O–H groups in total. The van der Waals surface area contributed by atoms with Crippen molar-refractivity contribution >= 4 is 23.0 Å². The Balaban J connectivity index is 1.87. The van der Waals surface area contributed by atoms with Crippen LogP contribution in [0.2, 0.25) is 5.02 Å². The van der Waals surface area contributed by atoms with E-state index in [4.69, 9.17) is 11.6 Å². The van der Waals surface area contributed by atoms with Crippen molar-refractivity contribution in [2.24, 2.45) is 11.8 Å². The standard InChI is InChI=1S/C23H20ClNO2/c1-2-13-3-4-15(14-7-8-20(24)18(9-14)12-25)11-19(13)21-22(26)16-5-6-17(10-16)23(21)27/h3-4,7-9,11,16-17,26H,2,5-6,10H2,1H3/t16-,17?/m0/s1. The van der Waals surface area contributed by atoms with Crippen molar-refractivity contribution in [3.63, 3.8) is 0 Å². The number of rotatable bonds is 3. The molecule has 1 fully saturated rings. The van der Waals surface area contributed by atoms with Gasteiger partial charge in [0.25, 0.3) is 0 Å². The second-order valence-electron chi connectivity index (χ2n) is 7.36. The van der Waals surface area contributed by atoms with E-state index in [0.717, 1.165) is 47.9 Å². The van der Waals surface area contributed by atoms with Gasteiger partial charge < -0.3 is 5.11 Å². The van der Waals surface area contributed by atoms with E-state index in [0.29, 0.717) is 16.2 Å². The highest BCUT2D eigenvalue weighted by Crippen LogP contribution is 2.46. The van der Waals surface area contributed by atoms with Crippen LogP contribution in [0.3, 0.4) is 0 Å². The zero-order valence-corrected chi connectivity index (χ0v) is 15.9. The largest absolute Gasteiger partial charge is 0.511 e. The van der Waals surface area contributed by atoms with Crippen LogP contribution in [0.15, 0.2) is 42.2 Å². The summed E-state index contributed by atoms with van der Waals surface area (Å²) >= 11 is 6.05. The second kappa shape index (κ2) is 6.87. The number of aliphatic hydroxyl groups excluding tert-OH is 1. The SMILES string of the molecule is CCc1ccc(-c2ccc(Cl)c(C#N)c2)cc1C1=C(O)[C@H]2CCC(C2)C1=O. The quantitative estimate of drug-likeness (QED) is 0.745. The van der Waals surface area contributed by atoms with Gasteiger partial charge in [-0.1, -0.05) is 36.7 Å². The monoisotopic (exact) mass is 377 g/mol. The van der Waals surface area contributed by atoms with Crippen molar-refractivity contribution in [2.75, 3.05) is 0 Å². The fourth-order valence-corrected chi connectivity index (χ4v) is 4.52. The maximum atomic E-state index is 13.0. The normalized spacial score (nSPS) is 21.4. The molecule has 2 aliphatic rings. The van der Waals surface area contributed by atoms with Crippen molar-refractivity contribution in [2.45, 2.75) is 32.6 Å². The van der Waals surface area contributed by atoms with Crippen LogP contribution in [-0.2, 0) is 11.2 Å². The van der Waals surface area contributed by atoms with E-state index >= 15 is 0 Å². The van der Waals surface area contributed by atoms with Gasteiger partial charge in [0.1, 0.15) is 11.8 Å². The highest BCUT2D eigenvalue weighted by atomic mass is 35.5. The summed E-state index contributed by atoms with van der Waals surface area (Å²) in [5, 5.41) is 20.4. The van der Waals surface area contributed by atoms with E-state index < -0.39 is 0 Å². The zero-order chi connectivity index (χ0) is 19.1. The lowest BCUT2D eigenvalue weighted by Gasteiger charge is -2.23. The number of hydrogen-bond donors (Lipinski definition) is 1. The fraction of sp³-hybridized carbons (Fsp3) is 0.304. The Labute approximate surface area is 163 Å². The molecule has 2 atom stereocenters. The number of fused-ring (bicyclic) bond motifs is 2. The Morgan fingerprint density at radius 3 is 2.59 bits per heavy atom. The molecule has 3 nitrogen and oxygen atoms in total. The van der Waals surface area contributed by atoms with Crippen molar-refractivity contribution in [1.82, 2.24) is 0 Å². The lowest BCUT2D eigenvalue weighted by Crippen LogP contribution is -2.22. The first-order valence-corrected chi connectivity index (χ1v) is 9.72. The molecular formula is C23H20ClNO2. The Hall–Kier alpha value is -2.57. The van der Waals surface area contributed by atoms with E-state index in [9.17, 15) is 15.2 Å². The number of nitriles is 1. The van der Waals surface area contributed by atoms with Gasteiger partial charge in [0.15, 0.2) is 5.78 Å². The van der Waals surface area contributed by atoms with Crippen LogP contribution in [0, 0.1) is 23.2 Å². The van der Waals surface area contributed by atoms with Crippen LogP contribution in [0.5, 0.6) is 0 Å². The van der Waals surface area contributed by atoms with Gasteiger partial charge in [-0.25, -0.2) is 0 Å². The van der Waals surface area contributed by atoms with Crippen LogP contribution in [-0.4, -0.2) is 10.9 Å². The van der Waals surface area contributed by atoms with Crippen LogP contribution in [0.25, 0.3) is 16.7 Å². The first-order valence-electron chi connectivity index (χ1n) is 9.34. The zero-order valence-electron chi connectivity index (χ0n) is 15.1. The number of Topliss-reactive ketones (excluding diaryl/α,β-unsaturated/α-hetero) is 1. The number of carbonyl (C=O) groups excluding carboxylic acids is 1. The molecule has 2 aromatic rings. The molecule has 1 unspecified atom stereocenters. The molecule has 0 aliphatic heterocycles. The highest BCUT2D eigenvalue weighted by Gasteiger charge is 2.41. The third kappa shape index (κ3) is 2.95. The molecule has 1 saturated carbocycles. The summed E-state index contributed by atoms with van der Waals surface area (Å²) in [7, 11) is 0. The van der Waals surface area contributed by atoms with Crippen molar-refractivity contribution in [3.05, 3.63) is 63.9 Å². The first kappa shape index (κ1) is 17.8. The summed E-state index contributed by atoms with van der Waals surface area (Å²) in [5.41, 5.74) is 4.56. The van der Waals surface area contributed by atoms with Crippen LogP contribution < -0.4 is 0 Å². The molecule has 0 radical (unpaired) electrons. The van der Waals surface area contributed by atoms with Gasteiger partial charge in [-0.15, -0.1) is 0 Å². The Morgan fingerprint density at radius 1 is 1.15 bits per heavy atom. The van der Waals surface area contributed by atoms with Crippen molar-refractivity contribution in [1.29, 1.82) is 5.26 Å². The molecule has 2 aliphatic carbocycles. The molecule has 4 rings (SSSR count). The van der Waals surface area contributed by atoms with Crippen LogP contribution in [0.4, 0.5) is 0 Å². The number of allylic oxidation sites excluding steroid dienone is 2. The third-order valence-corrected chi connectivity index (χ3v) is 6.20. The lowest BCUT2D eigenvalue weighted by molar-refractivity contribution is -0.117. The number of nitrogens with zero attached hydrogens (tertiary/aromatic N) is 1.